The molecule has 0 aromatic heterocycles. The second-order valence-electron chi connectivity index (χ2n) is 13.5. The Kier molecular flexibility index (Phi) is 10.4. The lowest BCUT2D eigenvalue weighted by atomic mass is 9.96. The van der Waals surface area contributed by atoms with Gasteiger partial charge in [-0.15, -0.1) is 0 Å². The molecule has 4 saturated carbocycles. The van der Waals surface area contributed by atoms with Gasteiger partial charge in [-0.1, -0.05) is 23.3 Å². The van der Waals surface area contributed by atoms with Crippen LogP contribution in [0.25, 0.3) is 0 Å². The molecular weight excluding hydrogens is 580 g/mol. The van der Waals surface area contributed by atoms with Crippen LogP contribution in [0.5, 0.6) is 23.0 Å². The topological polar surface area (TPSA) is 80.3 Å². The summed E-state index contributed by atoms with van der Waals surface area (Å²) in [6.07, 6.45) is 16.2. The first-order valence-corrected chi connectivity index (χ1v) is 17.2. The third-order valence-electron chi connectivity index (χ3n) is 10.5. The second-order valence-corrected chi connectivity index (χ2v) is 13.5. The van der Waals surface area contributed by atoms with Gasteiger partial charge >= 0.3 is 11.9 Å². The van der Waals surface area contributed by atoms with Crippen LogP contribution in [0.3, 0.4) is 0 Å². The molecule has 7 nitrogen and oxygen atoms in total. The quantitative estimate of drug-likeness (QED) is 0.148. The van der Waals surface area contributed by atoms with E-state index in [9.17, 15) is 9.59 Å². The molecule has 0 saturated heterocycles. The molecule has 2 unspecified atom stereocenters. The van der Waals surface area contributed by atoms with E-state index in [1.54, 1.807) is 21.1 Å². The number of hydrogen-bond donors (Lipinski definition) is 0. The standard InChI is InChI=1S/C39H48O7/c1-25(27-14-15-29(22-27)31-17-19-35(43-3)37(24-31)45-33-10-6-7-11-33)39(41)46-38(40)21-26-12-13-28(20-26)30-16-18-34(42-2)36(23-30)44-32-8-4-5-9-32/h16-19,21,23-24,28-29,32-33H,4-15,20,22H2,1-3H3. The Morgan fingerprint density at radius 2 is 1.20 bits per heavy atom. The summed E-state index contributed by atoms with van der Waals surface area (Å²) < 4.78 is 29.1. The van der Waals surface area contributed by atoms with Crippen molar-refractivity contribution in [1.82, 2.24) is 0 Å². The molecule has 0 N–H and O–H groups in total. The van der Waals surface area contributed by atoms with Crippen molar-refractivity contribution >= 4 is 11.9 Å². The first-order valence-electron chi connectivity index (χ1n) is 17.2. The monoisotopic (exact) mass is 628 g/mol. The Bertz CT molecular complexity index is 1480. The predicted molar refractivity (Wildman–Crippen MR) is 177 cm³/mol. The molecule has 0 spiro atoms. The lowest BCUT2D eigenvalue weighted by Gasteiger charge is -2.18. The smallest absolute Gasteiger partial charge is 0.341 e. The summed E-state index contributed by atoms with van der Waals surface area (Å²) in [4.78, 5) is 25.8. The minimum atomic E-state index is -0.584. The van der Waals surface area contributed by atoms with Crippen LogP contribution in [0.15, 0.2) is 59.2 Å². The van der Waals surface area contributed by atoms with Crippen molar-refractivity contribution in [3.8, 4) is 23.0 Å². The summed E-state index contributed by atoms with van der Waals surface area (Å²) in [6, 6.07) is 12.4. The summed E-state index contributed by atoms with van der Waals surface area (Å²) in [7, 11) is 3.35. The fourth-order valence-corrected chi connectivity index (χ4v) is 7.73. The summed E-state index contributed by atoms with van der Waals surface area (Å²) in [6.45, 7) is 1.78. The second kappa shape index (κ2) is 14.8. The summed E-state index contributed by atoms with van der Waals surface area (Å²) in [5, 5.41) is 0. The highest BCUT2D eigenvalue weighted by Crippen LogP contribution is 2.44. The van der Waals surface area contributed by atoms with Crippen molar-refractivity contribution < 1.29 is 33.3 Å². The van der Waals surface area contributed by atoms with Gasteiger partial charge < -0.3 is 23.7 Å². The molecule has 2 aromatic carbocycles. The van der Waals surface area contributed by atoms with E-state index in [0.29, 0.717) is 5.57 Å². The number of rotatable bonds is 10. The first kappa shape index (κ1) is 32.2. The molecule has 0 amide bonds. The van der Waals surface area contributed by atoms with Gasteiger partial charge in [0.2, 0.25) is 0 Å². The van der Waals surface area contributed by atoms with E-state index in [1.807, 2.05) is 12.1 Å². The largest absolute Gasteiger partial charge is 0.493 e. The lowest BCUT2D eigenvalue weighted by molar-refractivity contribution is -0.153. The normalized spacial score (nSPS) is 23.9. The number of benzene rings is 2. The van der Waals surface area contributed by atoms with E-state index in [-0.39, 0.29) is 24.0 Å². The van der Waals surface area contributed by atoms with Crippen molar-refractivity contribution in [3.63, 3.8) is 0 Å². The third kappa shape index (κ3) is 7.62. The Balaban J connectivity index is 1.04. The first-order chi connectivity index (χ1) is 22.4. The van der Waals surface area contributed by atoms with Crippen molar-refractivity contribution in [2.24, 2.45) is 0 Å². The Morgan fingerprint density at radius 1 is 0.674 bits per heavy atom. The highest BCUT2D eigenvalue weighted by molar-refractivity contribution is 5.99. The molecule has 0 radical (unpaired) electrons. The van der Waals surface area contributed by atoms with Gasteiger partial charge in [0.15, 0.2) is 23.0 Å². The molecule has 2 aromatic rings. The molecule has 6 rings (SSSR count). The summed E-state index contributed by atoms with van der Waals surface area (Å²) in [5.74, 6) is 2.56. The number of ether oxygens (including phenoxy) is 5. The molecule has 0 aliphatic heterocycles. The van der Waals surface area contributed by atoms with Crippen LogP contribution in [0.4, 0.5) is 0 Å². The van der Waals surface area contributed by atoms with Gasteiger partial charge in [-0.25, -0.2) is 9.59 Å². The SMILES string of the molecule is COc1ccc(C2CCC(=CC(=O)OC(=O)C(C)=C3CCC(c4ccc(OC)c(OC5CCCC5)c4)C3)C2)cc1OC1CCCC1. The average Bonchev–Trinajstić information content (AvgIpc) is 3.89. The van der Waals surface area contributed by atoms with Gasteiger partial charge in [0.05, 0.1) is 26.4 Å². The fourth-order valence-electron chi connectivity index (χ4n) is 7.73. The average molecular weight is 629 g/mol. The lowest BCUT2D eigenvalue weighted by Crippen LogP contribution is -2.13. The molecule has 7 heteroatoms. The molecule has 4 fully saturated rings. The van der Waals surface area contributed by atoms with Crippen LogP contribution in [0, 0.1) is 0 Å². The highest BCUT2D eigenvalue weighted by Gasteiger charge is 2.28. The van der Waals surface area contributed by atoms with Gasteiger partial charge in [-0.05, 0) is 144 Å². The van der Waals surface area contributed by atoms with Gasteiger partial charge in [-0.2, -0.15) is 0 Å². The molecule has 0 bridgehead atoms. The maximum atomic E-state index is 13.0. The summed E-state index contributed by atoms with van der Waals surface area (Å²) >= 11 is 0. The maximum Gasteiger partial charge on any atom is 0.341 e. The minimum absolute atomic E-state index is 0.249. The van der Waals surface area contributed by atoms with Crippen molar-refractivity contribution in [2.45, 2.75) is 121 Å². The van der Waals surface area contributed by atoms with Crippen molar-refractivity contribution in [3.05, 3.63) is 70.3 Å². The molecular formula is C39H48O7. The molecule has 246 valence electrons. The van der Waals surface area contributed by atoms with Crippen LogP contribution >= 0.6 is 0 Å². The zero-order chi connectivity index (χ0) is 32.0. The zero-order valence-electron chi connectivity index (χ0n) is 27.6. The number of hydrogen-bond acceptors (Lipinski definition) is 7. The van der Waals surface area contributed by atoms with Gasteiger partial charge in [0.1, 0.15) is 0 Å². The zero-order valence-corrected chi connectivity index (χ0v) is 27.6. The van der Waals surface area contributed by atoms with E-state index < -0.39 is 11.9 Å². The number of esters is 2. The highest BCUT2D eigenvalue weighted by atomic mass is 16.6. The summed E-state index contributed by atoms with van der Waals surface area (Å²) in [5.41, 5.74) is 4.99. The molecule has 4 aliphatic rings. The van der Waals surface area contributed by atoms with Gasteiger partial charge in [0.25, 0.3) is 0 Å². The molecule has 0 heterocycles. The van der Waals surface area contributed by atoms with Crippen LogP contribution < -0.4 is 18.9 Å². The van der Waals surface area contributed by atoms with E-state index >= 15 is 0 Å². The molecule has 46 heavy (non-hydrogen) atoms. The fraction of sp³-hybridized carbons (Fsp3) is 0.538. The van der Waals surface area contributed by atoms with E-state index in [4.69, 9.17) is 23.7 Å². The number of allylic oxidation sites excluding steroid dienone is 2. The van der Waals surface area contributed by atoms with Crippen LogP contribution in [-0.4, -0.2) is 38.4 Å². The molecule has 2 atom stereocenters. The van der Waals surface area contributed by atoms with E-state index in [1.165, 1.54) is 42.9 Å². The Morgan fingerprint density at radius 3 is 1.74 bits per heavy atom. The van der Waals surface area contributed by atoms with Crippen molar-refractivity contribution in [2.75, 3.05) is 14.2 Å². The maximum absolute atomic E-state index is 13.0. The molecule has 4 aliphatic carbocycles. The van der Waals surface area contributed by atoms with Crippen LogP contribution in [0.2, 0.25) is 0 Å². The number of carbonyl (C=O) groups is 2. The van der Waals surface area contributed by atoms with E-state index in [2.05, 4.69) is 24.3 Å². The Labute approximate surface area is 273 Å². The van der Waals surface area contributed by atoms with Gasteiger partial charge in [0, 0.05) is 11.6 Å². The van der Waals surface area contributed by atoms with Crippen LogP contribution in [0.1, 0.15) is 120 Å². The van der Waals surface area contributed by atoms with Crippen molar-refractivity contribution in [1.29, 1.82) is 0 Å². The number of methoxy groups -OCH3 is 2. The van der Waals surface area contributed by atoms with Crippen LogP contribution in [-0.2, 0) is 14.3 Å². The van der Waals surface area contributed by atoms with Gasteiger partial charge in [-0.3, -0.25) is 0 Å². The predicted octanol–water partition coefficient (Wildman–Crippen LogP) is 8.89. The van der Waals surface area contributed by atoms with E-state index in [0.717, 1.165) is 98.4 Å². The Hall–Kier alpha value is -3.74. The number of carbonyl (C=O) groups excluding carboxylic acids is 2. The third-order valence-corrected chi connectivity index (χ3v) is 10.5. The minimum Gasteiger partial charge on any atom is -0.493 e.